The average Bonchev–Trinajstić information content (AvgIpc) is 3.14. The van der Waals surface area contributed by atoms with Crippen LogP contribution in [0.3, 0.4) is 0 Å². The smallest absolute Gasteiger partial charge is 0.0531 e. The second-order valence-corrected chi connectivity index (χ2v) is 19.9. The van der Waals surface area contributed by atoms with E-state index < -0.39 is 0 Å². The number of nitriles is 2. The molecule has 250 valence electrons. The standard InChI is InChI=1S/C42H48N2O2Se2/c43-33-35-13-17-37(18-14-35)39-21-25-41(26-22-39)45-29-9-5-1-3-7-11-31-47-48-32-12-8-4-2-6-10-30-46-42-27-23-40(24-28-42)38-19-15-36(34-44)16-20-38/h13-28H,1-12,29-32H2. The van der Waals surface area contributed by atoms with Crippen LogP contribution in [0, 0.1) is 22.7 Å². The summed E-state index contributed by atoms with van der Waals surface area (Å²) in [5.41, 5.74) is 5.88. The van der Waals surface area contributed by atoms with Crippen LogP contribution >= 0.6 is 0 Å². The topological polar surface area (TPSA) is 66.0 Å². The van der Waals surface area contributed by atoms with Crippen molar-refractivity contribution >= 4 is 26.3 Å². The molecule has 4 aromatic rings. The molecule has 48 heavy (non-hydrogen) atoms. The summed E-state index contributed by atoms with van der Waals surface area (Å²) in [6.45, 7) is 1.57. The van der Waals surface area contributed by atoms with E-state index in [0.717, 1.165) is 86.1 Å². The molecule has 0 amide bonds. The van der Waals surface area contributed by atoms with Gasteiger partial charge in [-0.15, -0.1) is 0 Å². The number of ether oxygens (including phenoxy) is 2. The summed E-state index contributed by atoms with van der Waals surface area (Å²) < 4.78 is 11.9. The van der Waals surface area contributed by atoms with Crippen molar-refractivity contribution in [3.63, 3.8) is 0 Å². The van der Waals surface area contributed by atoms with Crippen molar-refractivity contribution in [2.45, 2.75) is 87.7 Å². The molecule has 0 N–H and O–H groups in total. The van der Waals surface area contributed by atoms with Crippen molar-refractivity contribution in [3.8, 4) is 45.9 Å². The van der Waals surface area contributed by atoms with Crippen LogP contribution in [0.25, 0.3) is 22.3 Å². The van der Waals surface area contributed by atoms with E-state index in [1.165, 1.54) is 74.8 Å². The first-order valence-corrected chi connectivity index (χ1v) is 24.2. The third-order valence-corrected chi connectivity index (χ3v) is 16.0. The van der Waals surface area contributed by atoms with Crippen LogP contribution < -0.4 is 9.47 Å². The fraction of sp³-hybridized carbons (Fsp3) is 0.381. The van der Waals surface area contributed by atoms with Gasteiger partial charge < -0.3 is 0 Å². The van der Waals surface area contributed by atoms with Crippen molar-refractivity contribution in [2.75, 3.05) is 13.2 Å². The van der Waals surface area contributed by atoms with Gasteiger partial charge in [0.25, 0.3) is 0 Å². The third kappa shape index (κ3) is 14.3. The Labute approximate surface area is 299 Å². The van der Waals surface area contributed by atoms with Gasteiger partial charge in [-0.2, -0.15) is 10.5 Å². The molecule has 0 radical (unpaired) electrons. The van der Waals surface area contributed by atoms with Crippen LogP contribution in [0.5, 0.6) is 11.5 Å². The normalized spacial score (nSPS) is 10.7. The SMILES string of the molecule is N#Cc1ccc(-c2ccc(OCCCCCCCC[Se][Se]CCCCCCCCOc3ccc(-c4ccc(C#N)cc4)cc3)cc2)cc1. The Kier molecular flexibility index (Phi) is 17.8. The summed E-state index contributed by atoms with van der Waals surface area (Å²) in [5.74, 6) is 1.86. The molecule has 6 heteroatoms. The first-order chi connectivity index (χ1) is 23.7. The second-order valence-electron chi connectivity index (χ2n) is 12.0. The monoisotopic (exact) mass is 772 g/mol. The molecule has 4 nitrogen and oxygen atoms in total. The first kappa shape index (κ1) is 37.3. The maximum atomic E-state index is 8.96. The van der Waals surface area contributed by atoms with Gasteiger partial charge in [0.05, 0.1) is 23.3 Å². The summed E-state index contributed by atoms with van der Waals surface area (Å²) in [5, 5.41) is 20.9. The first-order valence-electron chi connectivity index (χ1n) is 17.5. The molecule has 0 spiro atoms. The molecule has 0 aliphatic rings. The second kappa shape index (κ2) is 23.0. The van der Waals surface area contributed by atoms with Crippen LogP contribution in [-0.2, 0) is 0 Å². The van der Waals surface area contributed by atoms with Crippen LogP contribution in [0.2, 0.25) is 10.6 Å². The Bertz CT molecular complexity index is 1410. The molecule has 0 aliphatic carbocycles. The van der Waals surface area contributed by atoms with Gasteiger partial charge in [-0.3, -0.25) is 0 Å². The van der Waals surface area contributed by atoms with Crippen molar-refractivity contribution < 1.29 is 9.47 Å². The molecule has 0 bridgehead atoms. The number of rotatable bonds is 23. The summed E-state index contributed by atoms with van der Waals surface area (Å²) >= 11 is 1.79. The minimum Gasteiger partial charge on any atom is -0.0531 e. The minimum atomic E-state index is 0.686. The van der Waals surface area contributed by atoms with Gasteiger partial charge in [0, 0.05) is 0 Å². The summed E-state index contributed by atoms with van der Waals surface area (Å²) in [4.78, 5) is 0. The van der Waals surface area contributed by atoms with Crippen molar-refractivity contribution in [1.29, 1.82) is 10.5 Å². The summed E-state index contributed by atoms with van der Waals surface area (Å²) in [6.07, 6.45) is 15.7. The fourth-order valence-electron chi connectivity index (χ4n) is 5.40. The number of nitrogens with zero attached hydrogens (tertiary/aromatic N) is 2. The summed E-state index contributed by atoms with van der Waals surface area (Å²) in [7, 11) is 0. The Balaban J connectivity index is 0.872. The van der Waals surface area contributed by atoms with E-state index in [1.54, 1.807) is 0 Å². The molecule has 0 unspecified atom stereocenters. The Morgan fingerprint density at radius 2 is 0.667 bits per heavy atom. The zero-order valence-corrected chi connectivity index (χ0v) is 31.5. The van der Waals surface area contributed by atoms with E-state index in [4.69, 9.17) is 20.0 Å². The Morgan fingerprint density at radius 1 is 0.375 bits per heavy atom. The van der Waals surface area contributed by atoms with E-state index in [0.29, 0.717) is 11.1 Å². The fourth-order valence-corrected chi connectivity index (χ4v) is 12.4. The quantitative estimate of drug-likeness (QED) is 0.0556. The van der Waals surface area contributed by atoms with Crippen LogP contribution in [-0.4, -0.2) is 39.5 Å². The van der Waals surface area contributed by atoms with E-state index >= 15 is 0 Å². The maximum absolute atomic E-state index is 8.96. The molecule has 0 saturated carbocycles. The average molecular weight is 771 g/mol. The predicted molar refractivity (Wildman–Crippen MR) is 201 cm³/mol. The van der Waals surface area contributed by atoms with Gasteiger partial charge in [-0.1, -0.05) is 24.3 Å². The number of hydrogen-bond acceptors (Lipinski definition) is 4. The molecule has 0 atom stereocenters. The van der Waals surface area contributed by atoms with Gasteiger partial charge in [-0.25, -0.2) is 0 Å². The molecule has 0 saturated heterocycles. The minimum absolute atomic E-state index is 0.686. The molecule has 0 heterocycles. The van der Waals surface area contributed by atoms with Crippen LogP contribution in [0.1, 0.15) is 88.2 Å². The van der Waals surface area contributed by atoms with E-state index in [1.807, 2.05) is 72.8 Å². The Morgan fingerprint density at radius 3 is 1.00 bits per heavy atom. The van der Waals surface area contributed by atoms with Crippen molar-refractivity contribution in [2.24, 2.45) is 0 Å². The molecule has 4 rings (SSSR count). The summed E-state index contributed by atoms with van der Waals surface area (Å²) in [6, 6.07) is 36.2. The molecule has 0 aliphatic heterocycles. The van der Waals surface area contributed by atoms with Gasteiger partial charge >= 0.3 is 197 Å². The van der Waals surface area contributed by atoms with Crippen LogP contribution in [0.4, 0.5) is 0 Å². The Hall–Kier alpha value is -3.50. The van der Waals surface area contributed by atoms with Gasteiger partial charge in [0.15, 0.2) is 0 Å². The molecular weight excluding hydrogens is 722 g/mol. The molecular formula is C42H48N2O2Se2. The molecule has 0 fully saturated rings. The van der Waals surface area contributed by atoms with Gasteiger partial charge in [0.2, 0.25) is 0 Å². The van der Waals surface area contributed by atoms with Crippen molar-refractivity contribution in [3.05, 3.63) is 108 Å². The van der Waals surface area contributed by atoms with E-state index in [9.17, 15) is 0 Å². The predicted octanol–water partition coefficient (Wildman–Crippen LogP) is 11.1. The number of hydrogen-bond donors (Lipinski definition) is 0. The zero-order chi connectivity index (χ0) is 33.5. The molecule has 0 aromatic heterocycles. The van der Waals surface area contributed by atoms with Crippen LogP contribution in [0.15, 0.2) is 97.1 Å². The number of benzene rings is 4. The zero-order valence-electron chi connectivity index (χ0n) is 28.1. The molecule has 4 aromatic carbocycles. The number of unbranched alkanes of at least 4 members (excludes halogenated alkanes) is 10. The van der Waals surface area contributed by atoms with E-state index in [-0.39, 0.29) is 0 Å². The van der Waals surface area contributed by atoms with Gasteiger partial charge in [0.1, 0.15) is 0 Å². The van der Waals surface area contributed by atoms with Crippen molar-refractivity contribution in [1.82, 2.24) is 0 Å². The van der Waals surface area contributed by atoms with Gasteiger partial charge in [-0.05, 0) is 46.5 Å². The van der Waals surface area contributed by atoms with E-state index in [2.05, 4.69) is 36.4 Å². The third-order valence-electron chi connectivity index (χ3n) is 8.27.